The van der Waals surface area contributed by atoms with Gasteiger partial charge >= 0.3 is 12.1 Å². The van der Waals surface area contributed by atoms with E-state index in [4.69, 9.17) is 0 Å². The molecule has 0 aromatic rings. The van der Waals surface area contributed by atoms with Gasteiger partial charge in [-0.05, 0) is 12.3 Å². The molecule has 88 valence electrons. The van der Waals surface area contributed by atoms with E-state index >= 15 is 0 Å². The van der Waals surface area contributed by atoms with Gasteiger partial charge in [0.2, 0.25) is 0 Å². The lowest BCUT2D eigenvalue weighted by atomic mass is 9.87. The average Bonchev–Trinajstić information content (AvgIpc) is 1.97. The van der Waals surface area contributed by atoms with Crippen LogP contribution in [0.5, 0.6) is 0 Å². The highest BCUT2D eigenvalue weighted by molar-refractivity contribution is 5.82. The maximum Gasteiger partial charge on any atom is 0.422 e. The molecular weight excluding hydrogens is 209 g/mol. The van der Waals surface area contributed by atoms with E-state index in [2.05, 4.69) is 4.74 Å². The Balaban J connectivity index is 4.27. The van der Waals surface area contributed by atoms with Crippen molar-refractivity contribution in [1.82, 2.24) is 0 Å². The molecule has 15 heavy (non-hydrogen) atoms. The summed E-state index contributed by atoms with van der Waals surface area (Å²) >= 11 is 0. The molecular formula is C10H15F3O2. The van der Waals surface area contributed by atoms with E-state index in [1.54, 1.807) is 6.92 Å². The Morgan fingerprint density at radius 1 is 1.27 bits per heavy atom. The number of carbonyl (C=O) groups is 1. The quantitative estimate of drug-likeness (QED) is 0.532. The molecule has 0 spiro atoms. The predicted molar refractivity (Wildman–Crippen MR) is 50.2 cm³/mol. The van der Waals surface area contributed by atoms with Gasteiger partial charge in [0.05, 0.1) is 0 Å². The molecule has 0 fully saturated rings. The van der Waals surface area contributed by atoms with E-state index in [1.165, 1.54) is 0 Å². The molecule has 0 rings (SSSR count). The van der Waals surface area contributed by atoms with Crippen LogP contribution in [-0.4, -0.2) is 18.8 Å². The molecule has 0 heterocycles. The van der Waals surface area contributed by atoms with E-state index in [0.717, 1.165) is 6.08 Å². The van der Waals surface area contributed by atoms with Crippen LogP contribution in [0.3, 0.4) is 0 Å². The van der Waals surface area contributed by atoms with Gasteiger partial charge in [-0.3, -0.25) is 0 Å². The van der Waals surface area contributed by atoms with Crippen molar-refractivity contribution in [3.05, 3.63) is 11.6 Å². The SMILES string of the molecule is CC(=CC(=O)OCC(F)(F)F)C(C)(C)C. The number of esters is 1. The summed E-state index contributed by atoms with van der Waals surface area (Å²) in [5, 5.41) is 0. The van der Waals surface area contributed by atoms with E-state index in [9.17, 15) is 18.0 Å². The third kappa shape index (κ3) is 6.99. The van der Waals surface area contributed by atoms with Crippen LogP contribution < -0.4 is 0 Å². The first kappa shape index (κ1) is 14.0. The van der Waals surface area contributed by atoms with Gasteiger partial charge in [0.25, 0.3) is 0 Å². The molecule has 0 aromatic heterocycles. The van der Waals surface area contributed by atoms with Gasteiger partial charge in [0, 0.05) is 6.08 Å². The topological polar surface area (TPSA) is 26.3 Å². The fourth-order valence-electron chi connectivity index (χ4n) is 0.588. The van der Waals surface area contributed by atoms with Crippen molar-refractivity contribution in [3.63, 3.8) is 0 Å². The van der Waals surface area contributed by atoms with Gasteiger partial charge in [-0.1, -0.05) is 26.3 Å². The Morgan fingerprint density at radius 3 is 2.07 bits per heavy atom. The van der Waals surface area contributed by atoms with Gasteiger partial charge in [0.1, 0.15) is 0 Å². The molecule has 0 saturated carbocycles. The standard InChI is InChI=1S/C10H15F3O2/c1-7(9(2,3)4)5-8(14)15-6-10(11,12)13/h5H,6H2,1-4H3. The molecule has 0 N–H and O–H groups in total. The number of hydrogen-bond acceptors (Lipinski definition) is 2. The summed E-state index contributed by atoms with van der Waals surface area (Å²) in [7, 11) is 0. The minimum absolute atomic E-state index is 0.253. The first-order chi connectivity index (χ1) is 6.52. The molecule has 0 aliphatic heterocycles. The summed E-state index contributed by atoms with van der Waals surface area (Å²) in [6.07, 6.45) is -3.38. The molecule has 0 saturated heterocycles. The lowest BCUT2D eigenvalue weighted by Crippen LogP contribution is -2.20. The number of ether oxygens (including phenoxy) is 1. The molecule has 0 unspecified atom stereocenters. The van der Waals surface area contributed by atoms with Crippen molar-refractivity contribution in [3.8, 4) is 0 Å². The van der Waals surface area contributed by atoms with Crippen molar-refractivity contribution < 1.29 is 22.7 Å². The van der Waals surface area contributed by atoms with Crippen LogP contribution in [0.25, 0.3) is 0 Å². The Bertz CT molecular complexity index is 259. The summed E-state index contributed by atoms with van der Waals surface area (Å²) in [5.74, 6) is -0.959. The molecule has 0 bridgehead atoms. The maximum absolute atomic E-state index is 11.7. The lowest BCUT2D eigenvalue weighted by Gasteiger charge is -2.19. The first-order valence-corrected chi connectivity index (χ1v) is 4.44. The number of halogens is 3. The van der Waals surface area contributed by atoms with Crippen LogP contribution in [0.2, 0.25) is 0 Å². The molecule has 0 aliphatic carbocycles. The summed E-state index contributed by atoms with van der Waals surface area (Å²) in [5.41, 5.74) is 0.423. The second-order valence-corrected chi connectivity index (χ2v) is 4.30. The van der Waals surface area contributed by atoms with Crippen molar-refractivity contribution in [2.75, 3.05) is 6.61 Å². The number of allylic oxidation sites excluding steroid dienone is 1. The highest BCUT2D eigenvalue weighted by Crippen LogP contribution is 2.24. The number of alkyl halides is 3. The van der Waals surface area contributed by atoms with Crippen molar-refractivity contribution in [2.45, 2.75) is 33.9 Å². The number of carbonyl (C=O) groups excluding carboxylic acids is 1. The van der Waals surface area contributed by atoms with Crippen LogP contribution in [0, 0.1) is 5.41 Å². The molecule has 0 atom stereocenters. The second-order valence-electron chi connectivity index (χ2n) is 4.30. The van der Waals surface area contributed by atoms with Gasteiger partial charge in [-0.25, -0.2) is 4.79 Å². The summed E-state index contributed by atoms with van der Waals surface area (Å²) in [6, 6.07) is 0. The normalized spacial score (nSPS) is 13.9. The van der Waals surface area contributed by atoms with Crippen LogP contribution in [0.15, 0.2) is 11.6 Å². The largest absolute Gasteiger partial charge is 0.453 e. The van der Waals surface area contributed by atoms with Crippen LogP contribution >= 0.6 is 0 Å². The van der Waals surface area contributed by atoms with E-state index in [-0.39, 0.29) is 5.41 Å². The fourth-order valence-corrected chi connectivity index (χ4v) is 0.588. The third-order valence-electron chi connectivity index (χ3n) is 1.90. The highest BCUT2D eigenvalue weighted by atomic mass is 19.4. The van der Waals surface area contributed by atoms with Crippen LogP contribution in [-0.2, 0) is 9.53 Å². The smallest absolute Gasteiger partial charge is 0.422 e. The second kappa shape index (κ2) is 4.68. The van der Waals surface area contributed by atoms with Crippen molar-refractivity contribution in [2.24, 2.45) is 5.41 Å². The minimum atomic E-state index is -4.47. The predicted octanol–water partition coefficient (Wildman–Crippen LogP) is 3.08. The van der Waals surface area contributed by atoms with E-state index < -0.39 is 18.8 Å². The maximum atomic E-state index is 11.7. The summed E-state index contributed by atoms with van der Waals surface area (Å²) < 4.78 is 39.1. The molecule has 5 heteroatoms. The first-order valence-electron chi connectivity index (χ1n) is 4.44. The molecule has 2 nitrogen and oxygen atoms in total. The third-order valence-corrected chi connectivity index (χ3v) is 1.90. The van der Waals surface area contributed by atoms with Crippen LogP contribution in [0.1, 0.15) is 27.7 Å². The monoisotopic (exact) mass is 224 g/mol. The zero-order valence-electron chi connectivity index (χ0n) is 9.23. The van der Waals surface area contributed by atoms with Crippen molar-refractivity contribution >= 4 is 5.97 Å². The van der Waals surface area contributed by atoms with Gasteiger partial charge < -0.3 is 4.74 Å². The number of hydrogen-bond donors (Lipinski definition) is 0. The molecule has 0 radical (unpaired) electrons. The molecule has 0 amide bonds. The zero-order chi connectivity index (χ0) is 12.3. The van der Waals surface area contributed by atoms with Gasteiger partial charge in [-0.15, -0.1) is 0 Å². The van der Waals surface area contributed by atoms with Gasteiger partial charge in [-0.2, -0.15) is 13.2 Å². The van der Waals surface area contributed by atoms with E-state index in [0.29, 0.717) is 5.57 Å². The number of rotatable bonds is 2. The Morgan fingerprint density at radius 2 is 1.73 bits per heavy atom. The minimum Gasteiger partial charge on any atom is -0.453 e. The average molecular weight is 224 g/mol. The lowest BCUT2D eigenvalue weighted by molar-refractivity contribution is -0.182. The zero-order valence-corrected chi connectivity index (χ0v) is 9.23. The molecule has 0 aliphatic rings. The summed E-state index contributed by atoms with van der Waals surface area (Å²) in [4.78, 5) is 10.9. The molecule has 0 aromatic carbocycles. The van der Waals surface area contributed by atoms with Gasteiger partial charge in [0.15, 0.2) is 6.61 Å². The van der Waals surface area contributed by atoms with Crippen LogP contribution in [0.4, 0.5) is 13.2 Å². The Kier molecular flexibility index (Phi) is 4.37. The van der Waals surface area contributed by atoms with Crippen molar-refractivity contribution in [1.29, 1.82) is 0 Å². The Hall–Kier alpha value is -1.00. The highest BCUT2D eigenvalue weighted by Gasteiger charge is 2.29. The summed E-state index contributed by atoms with van der Waals surface area (Å²) in [6.45, 7) is 5.70. The Labute approximate surface area is 87.1 Å². The fraction of sp³-hybridized carbons (Fsp3) is 0.700. The van der Waals surface area contributed by atoms with E-state index in [1.807, 2.05) is 20.8 Å².